The molecule has 0 aliphatic carbocycles. The number of aliphatic hydroxyl groups is 1. The van der Waals surface area contributed by atoms with Gasteiger partial charge in [-0.15, -0.1) is 0 Å². The van der Waals surface area contributed by atoms with Gasteiger partial charge in [-0.3, -0.25) is 9.52 Å². The standard InChI is InChI=1S/C21H26N2O5S/c1-14-10-19(28-3)11-15(2)20(14)29(26,27)22-17-7-4-6-16(12-17)21(25)23-9-5-8-18(24)13-23/h4,6-7,10-12,18,22,24H,5,8-9,13H2,1-3H3. The van der Waals surface area contributed by atoms with E-state index in [1.165, 1.54) is 13.2 Å². The van der Waals surface area contributed by atoms with E-state index in [4.69, 9.17) is 4.74 Å². The first-order valence-electron chi connectivity index (χ1n) is 9.46. The molecule has 2 aromatic rings. The quantitative estimate of drug-likeness (QED) is 0.778. The molecule has 0 bridgehead atoms. The van der Waals surface area contributed by atoms with E-state index in [0.717, 1.165) is 6.42 Å². The van der Waals surface area contributed by atoms with Gasteiger partial charge in [-0.05, 0) is 68.1 Å². The summed E-state index contributed by atoms with van der Waals surface area (Å²) in [6.07, 6.45) is 0.912. The fourth-order valence-electron chi connectivity index (χ4n) is 3.70. The predicted molar refractivity (Wildman–Crippen MR) is 111 cm³/mol. The Morgan fingerprint density at radius 2 is 1.90 bits per heavy atom. The monoisotopic (exact) mass is 418 g/mol. The number of carbonyl (C=O) groups is 1. The second-order valence-electron chi connectivity index (χ2n) is 7.32. The maximum absolute atomic E-state index is 13.0. The van der Waals surface area contributed by atoms with Crippen molar-refractivity contribution in [2.45, 2.75) is 37.7 Å². The van der Waals surface area contributed by atoms with Crippen LogP contribution in [0.5, 0.6) is 5.75 Å². The third-order valence-corrected chi connectivity index (χ3v) is 6.67. The van der Waals surface area contributed by atoms with E-state index in [1.807, 2.05) is 0 Å². The maximum atomic E-state index is 13.0. The van der Waals surface area contributed by atoms with Crippen LogP contribution >= 0.6 is 0 Å². The largest absolute Gasteiger partial charge is 0.497 e. The second-order valence-corrected chi connectivity index (χ2v) is 8.94. The molecule has 1 atom stereocenters. The van der Waals surface area contributed by atoms with E-state index < -0.39 is 16.1 Å². The first-order chi connectivity index (χ1) is 13.7. The molecule has 3 rings (SSSR count). The van der Waals surface area contributed by atoms with Crippen LogP contribution in [0.3, 0.4) is 0 Å². The summed E-state index contributed by atoms with van der Waals surface area (Å²) >= 11 is 0. The molecule has 2 aromatic carbocycles. The summed E-state index contributed by atoms with van der Waals surface area (Å²) in [6.45, 7) is 4.30. The molecule has 0 saturated carbocycles. The van der Waals surface area contributed by atoms with Gasteiger partial charge in [0.25, 0.3) is 15.9 Å². The molecule has 1 unspecified atom stereocenters. The Kier molecular flexibility index (Phi) is 6.14. The van der Waals surface area contributed by atoms with Crippen molar-refractivity contribution in [3.63, 3.8) is 0 Å². The maximum Gasteiger partial charge on any atom is 0.262 e. The number of β-amino-alcohol motifs (C(OH)–C–C–N with tert-alkyl or cyclic N) is 1. The molecule has 1 saturated heterocycles. The van der Waals surface area contributed by atoms with E-state index in [1.54, 1.807) is 49.1 Å². The number of anilines is 1. The van der Waals surface area contributed by atoms with E-state index in [0.29, 0.717) is 47.6 Å². The van der Waals surface area contributed by atoms with Crippen LogP contribution < -0.4 is 9.46 Å². The van der Waals surface area contributed by atoms with Crippen molar-refractivity contribution in [1.82, 2.24) is 4.90 Å². The van der Waals surface area contributed by atoms with Crippen molar-refractivity contribution in [2.24, 2.45) is 0 Å². The van der Waals surface area contributed by atoms with Gasteiger partial charge in [0, 0.05) is 24.3 Å². The third-order valence-electron chi connectivity index (χ3n) is 4.98. The first kappa shape index (κ1) is 21.1. The van der Waals surface area contributed by atoms with E-state index in [-0.39, 0.29) is 10.8 Å². The van der Waals surface area contributed by atoms with Crippen LogP contribution in [0, 0.1) is 13.8 Å². The third kappa shape index (κ3) is 4.71. The number of piperidine rings is 1. The highest BCUT2D eigenvalue weighted by molar-refractivity contribution is 7.92. The summed E-state index contributed by atoms with van der Waals surface area (Å²) in [5.41, 5.74) is 1.83. The molecule has 29 heavy (non-hydrogen) atoms. The highest BCUT2D eigenvalue weighted by atomic mass is 32.2. The molecule has 2 N–H and O–H groups in total. The first-order valence-corrected chi connectivity index (χ1v) is 10.9. The lowest BCUT2D eigenvalue weighted by Crippen LogP contribution is -2.42. The van der Waals surface area contributed by atoms with Crippen LogP contribution in [-0.4, -0.2) is 50.6 Å². The van der Waals surface area contributed by atoms with Crippen molar-refractivity contribution in [1.29, 1.82) is 0 Å². The van der Waals surface area contributed by atoms with Crippen molar-refractivity contribution >= 4 is 21.6 Å². The van der Waals surface area contributed by atoms with Gasteiger partial charge in [0.1, 0.15) is 5.75 Å². The lowest BCUT2D eigenvalue weighted by Gasteiger charge is -2.30. The minimum absolute atomic E-state index is 0.189. The fraction of sp³-hybridized carbons (Fsp3) is 0.381. The lowest BCUT2D eigenvalue weighted by molar-refractivity contribution is 0.0474. The summed E-state index contributed by atoms with van der Waals surface area (Å²) in [6, 6.07) is 9.75. The minimum atomic E-state index is -3.85. The average Bonchev–Trinajstić information content (AvgIpc) is 2.66. The minimum Gasteiger partial charge on any atom is -0.497 e. The van der Waals surface area contributed by atoms with Crippen molar-refractivity contribution in [2.75, 3.05) is 24.9 Å². The predicted octanol–water partition coefficient (Wildman–Crippen LogP) is 2.71. The van der Waals surface area contributed by atoms with E-state index in [2.05, 4.69) is 4.72 Å². The summed E-state index contributed by atoms with van der Waals surface area (Å²) in [4.78, 5) is 14.5. The van der Waals surface area contributed by atoms with Gasteiger partial charge >= 0.3 is 0 Å². The number of nitrogens with one attached hydrogen (secondary N) is 1. The van der Waals surface area contributed by atoms with Crippen molar-refractivity contribution < 1.29 is 23.1 Å². The van der Waals surface area contributed by atoms with Crippen molar-refractivity contribution in [3.8, 4) is 5.75 Å². The zero-order chi connectivity index (χ0) is 21.2. The van der Waals surface area contributed by atoms with Crippen LogP contribution in [0.25, 0.3) is 0 Å². The molecule has 0 aromatic heterocycles. The van der Waals surface area contributed by atoms with Gasteiger partial charge in [-0.25, -0.2) is 8.42 Å². The topological polar surface area (TPSA) is 95.9 Å². The van der Waals surface area contributed by atoms with Crippen LogP contribution in [-0.2, 0) is 10.0 Å². The molecule has 8 heteroatoms. The number of nitrogens with zero attached hydrogens (tertiary/aromatic N) is 1. The van der Waals surface area contributed by atoms with Gasteiger partial charge in [0.05, 0.1) is 18.1 Å². The number of likely N-dealkylation sites (tertiary alicyclic amines) is 1. The molecule has 7 nitrogen and oxygen atoms in total. The number of ether oxygens (including phenoxy) is 1. The summed E-state index contributed by atoms with van der Waals surface area (Å²) in [5, 5.41) is 9.80. The normalized spacial score (nSPS) is 17.1. The van der Waals surface area contributed by atoms with Gasteiger partial charge in [0.2, 0.25) is 0 Å². The van der Waals surface area contributed by atoms with Gasteiger partial charge < -0.3 is 14.7 Å². The molecule has 1 aliphatic rings. The fourth-order valence-corrected chi connectivity index (χ4v) is 5.20. The lowest BCUT2D eigenvalue weighted by atomic mass is 10.1. The molecule has 1 heterocycles. The SMILES string of the molecule is COc1cc(C)c(S(=O)(=O)Nc2cccc(C(=O)N3CCCC(O)C3)c2)c(C)c1. The Morgan fingerprint density at radius 1 is 1.21 bits per heavy atom. The zero-order valence-electron chi connectivity index (χ0n) is 16.8. The highest BCUT2D eigenvalue weighted by Gasteiger charge is 2.24. The van der Waals surface area contributed by atoms with E-state index >= 15 is 0 Å². The Hall–Kier alpha value is -2.58. The van der Waals surface area contributed by atoms with Crippen LogP contribution in [0.15, 0.2) is 41.3 Å². The number of sulfonamides is 1. The molecule has 1 amide bonds. The van der Waals surface area contributed by atoms with Gasteiger partial charge in [-0.1, -0.05) is 6.07 Å². The molecular formula is C21H26N2O5S. The van der Waals surface area contributed by atoms with E-state index in [9.17, 15) is 18.3 Å². The summed E-state index contributed by atoms with van der Waals surface area (Å²) in [5.74, 6) is 0.372. The number of hydrogen-bond acceptors (Lipinski definition) is 5. The summed E-state index contributed by atoms with van der Waals surface area (Å²) < 4.78 is 33.7. The highest BCUT2D eigenvalue weighted by Crippen LogP contribution is 2.28. The Morgan fingerprint density at radius 3 is 2.52 bits per heavy atom. The molecule has 0 spiro atoms. The van der Waals surface area contributed by atoms with Crippen LogP contribution in [0.2, 0.25) is 0 Å². The number of amides is 1. The molecule has 0 radical (unpaired) electrons. The second kappa shape index (κ2) is 8.42. The molecule has 1 aliphatic heterocycles. The molecule has 1 fully saturated rings. The number of hydrogen-bond donors (Lipinski definition) is 2. The number of rotatable bonds is 5. The number of carbonyl (C=O) groups excluding carboxylic acids is 1. The average molecular weight is 419 g/mol. The van der Waals surface area contributed by atoms with Crippen LogP contribution in [0.4, 0.5) is 5.69 Å². The van der Waals surface area contributed by atoms with Crippen molar-refractivity contribution in [3.05, 3.63) is 53.1 Å². The Labute approximate surface area is 171 Å². The molecular weight excluding hydrogens is 392 g/mol. The number of methoxy groups -OCH3 is 1. The Bertz CT molecular complexity index is 996. The number of benzene rings is 2. The zero-order valence-corrected chi connectivity index (χ0v) is 17.6. The van der Waals surface area contributed by atoms with Gasteiger partial charge in [0.15, 0.2) is 0 Å². The van der Waals surface area contributed by atoms with Gasteiger partial charge in [-0.2, -0.15) is 0 Å². The summed E-state index contributed by atoms with van der Waals surface area (Å²) in [7, 11) is -2.31. The number of aryl methyl sites for hydroxylation is 2. The Balaban J connectivity index is 1.85. The number of aliphatic hydroxyl groups excluding tert-OH is 1. The van der Waals surface area contributed by atoms with Crippen LogP contribution in [0.1, 0.15) is 34.3 Å². The smallest absolute Gasteiger partial charge is 0.262 e. The molecule has 156 valence electrons.